The standard InChI is InChI=1S/C9H11F2NO.ClH/c10-7-3-1-2-6(9(7)11)8(12)4-5-13;/h1-3,8,13H,4-5,12H2;1H/t8-;/m1./s1. The lowest BCUT2D eigenvalue weighted by Crippen LogP contribution is -2.14. The average Bonchev–Trinajstić information content (AvgIpc) is 2.10. The van der Waals surface area contributed by atoms with E-state index in [1.165, 1.54) is 12.1 Å². The van der Waals surface area contributed by atoms with Crippen LogP contribution in [-0.4, -0.2) is 11.7 Å². The molecule has 0 amide bonds. The summed E-state index contributed by atoms with van der Waals surface area (Å²) in [5.41, 5.74) is 5.61. The molecule has 3 N–H and O–H groups in total. The van der Waals surface area contributed by atoms with E-state index in [0.717, 1.165) is 6.07 Å². The molecule has 2 nitrogen and oxygen atoms in total. The Kier molecular flexibility index (Phi) is 5.60. The summed E-state index contributed by atoms with van der Waals surface area (Å²) in [5, 5.41) is 8.56. The van der Waals surface area contributed by atoms with Crippen molar-refractivity contribution < 1.29 is 13.9 Å². The third kappa shape index (κ3) is 2.90. The molecule has 0 fully saturated rings. The van der Waals surface area contributed by atoms with Crippen molar-refractivity contribution in [3.05, 3.63) is 35.4 Å². The van der Waals surface area contributed by atoms with Crippen molar-refractivity contribution in [2.45, 2.75) is 12.5 Å². The highest BCUT2D eigenvalue weighted by Crippen LogP contribution is 2.19. The summed E-state index contributed by atoms with van der Waals surface area (Å²) in [4.78, 5) is 0. The van der Waals surface area contributed by atoms with E-state index in [1.54, 1.807) is 0 Å². The molecule has 1 aromatic rings. The Balaban J connectivity index is 0.00000169. The fraction of sp³-hybridized carbons (Fsp3) is 0.333. The number of benzene rings is 1. The summed E-state index contributed by atoms with van der Waals surface area (Å²) in [5.74, 6) is -1.84. The highest BCUT2D eigenvalue weighted by Gasteiger charge is 2.13. The van der Waals surface area contributed by atoms with Crippen LogP contribution < -0.4 is 5.73 Å². The van der Waals surface area contributed by atoms with Gasteiger partial charge in [-0.3, -0.25) is 0 Å². The predicted octanol–water partition coefficient (Wildman–Crippen LogP) is 1.77. The van der Waals surface area contributed by atoms with E-state index in [2.05, 4.69) is 0 Å². The van der Waals surface area contributed by atoms with E-state index in [9.17, 15) is 8.78 Å². The van der Waals surface area contributed by atoms with Crippen LogP contribution in [0.25, 0.3) is 0 Å². The first-order chi connectivity index (χ1) is 6.16. The maximum Gasteiger partial charge on any atom is 0.163 e. The largest absolute Gasteiger partial charge is 0.396 e. The molecule has 0 bridgehead atoms. The minimum absolute atomic E-state index is 0. The summed E-state index contributed by atoms with van der Waals surface area (Å²) in [7, 11) is 0. The molecule has 0 aliphatic carbocycles. The highest BCUT2D eigenvalue weighted by molar-refractivity contribution is 5.85. The Labute approximate surface area is 87.1 Å². The van der Waals surface area contributed by atoms with E-state index >= 15 is 0 Å². The Morgan fingerprint density at radius 2 is 2.00 bits per heavy atom. The lowest BCUT2D eigenvalue weighted by atomic mass is 10.0. The van der Waals surface area contributed by atoms with Gasteiger partial charge in [-0.2, -0.15) is 0 Å². The molecule has 0 aromatic heterocycles. The number of hydrogen-bond donors (Lipinski definition) is 2. The SMILES string of the molecule is Cl.N[C@H](CCO)c1cccc(F)c1F. The minimum Gasteiger partial charge on any atom is -0.396 e. The lowest BCUT2D eigenvalue weighted by Gasteiger charge is -2.11. The van der Waals surface area contributed by atoms with E-state index in [4.69, 9.17) is 10.8 Å². The molecule has 1 rings (SSSR count). The third-order valence-corrected chi connectivity index (χ3v) is 1.82. The van der Waals surface area contributed by atoms with E-state index in [0.29, 0.717) is 0 Å². The number of rotatable bonds is 3. The Morgan fingerprint density at radius 1 is 1.36 bits per heavy atom. The number of nitrogens with two attached hydrogens (primary N) is 1. The first kappa shape index (κ1) is 13.3. The monoisotopic (exact) mass is 223 g/mol. The topological polar surface area (TPSA) is 46.2 Å². The molecule has 0 saturated carbocycles. The second-order valence-electron chi connectivity index (χ2n) is 2.76. The average molecular weight is 224 g/mol. The first-order valence-electron chi connectivity index (χ1n) is 3.97. The van der Waals surface area contributed by atoms with Gasteiger partial charge in [-0.1, -0.05) is 12.1 Å². The molecule has 0 heterocycles. The summed E-state index contributed by atoms with van der Waals surface area (Å²) in [6.45, 7) is -0.142. The second-order valence-corrected chi connectivity index (χ2v) is 2.76. The number of aliphatic hydroxyl groups excluding tert-OH is 1. The van der Waals surface area contributed by atoms with Crippen LogP contribution in [0.15, 0.2) is 18.2 Å². The van der Waals surface area contributed by atoms with Gasteiger partial charge in [0.05, 0.1) is 0 Å². The van der Waals surface area contributed by atoms with E-state index in [-0.39, 0.29) is 31.0 Å². The van der Waals surface area contributed by atoms with Crippen molar-refractivity contribution in [2.24, 2.45) is 5.73 Å². The molecule has 0 saturated heterocycles. The van der Waals surface area contributed by atoms with Gasteiger partial charge in [-0.15, -0.1) is 12.4 Å². The van der Waals surface area contributed by atoms with Crippen LogP contribution in [0.4, 0.5) is 8.78 Å². The van der Waals surface area contributed by atoms with E-state index in [1.807, 2.05) is 0 Å². The summed E-state index contributed by atoms with van der Waals surface area (Å²) in [6, 6.07) is 3.19. The maximum absolute atomic E-state index is 13.0. The van der Waals surface area contributed by atoms with Gasteiger partial charge in [0.1, 0.15) is 0 Å². The van der Waals surface area contributed by atoms with Gasteiger partial charge in [0.25, 0.3) is 0 Å². The molecular formula is C9H12ClF2NO. The van der Waals surface area contributed by atoms with Crippen LogP contribution in [0.5, 0.6) is 0 Å². The fourth-order valence-corrected chi connectivity index (χ4v) is 1.10. The van der Waals surface area contributed by atoms with Gasteiger partial charge in [0.15, 0.2) is 11.6 Å². The minimum atomic E-state index is -0.927. The van der Waals surface area contributed by atoms with Crippen LogP contribution in [0.2, 0.25) is 0 Å². The molecule has 0 unspecified atom stereocenters. The van der Waals surface area contributed by atoms with Crippen molar-refractivity contribution >= 4 is 12.4 Å². The van der Waals surface area contributed by atoms with Crippen molar-refractivity contribution in [3.63, 3.8) is 0 Å². The van der Waals surface area contributed by atoms with Crippen LogP contribution in [-0.2, 0) is 0 Å². The van der Waals surface area contributed by atoms with Crippen molar-refractivity contribution in [1.82, 2.24) is 0 Å². The van der Waals surface area contributed by atoms with Gasteiger partial charge < -0.3 is 10.8 Å². The predicted molar refractivity (Wildman–Crippen MR) is 52.2 cm³/mol. The van der Waals surface area contributed by atoms with Crippen molar-refractivity contribution in [2.75, 3.05) is 6.61 Å². The molecule has 0 radical (unpaired) electrons. The molecule has 14 heavy (non-hydrogen) atoms. The Hall–Kier alpha value is -0.710. The Morgan fingerprint density at radius 3 is 2.57 bits per heavy atom. The van der Waals surface area contributed by atoms with Gasteiger partial charge in [-0.05, 0) is 12.5 Å². The second kappa shape index (κ2) is 5.90. The van der Waals surface area contributed by atoms with Crippen molar-refractivity contribution in [1.29, 1.82) is 0 Å². The van der Waals surface area contributed by atoms with Crippen LogP contribution in [0.1, 0.15) is 18.0 Å². The molecular weight excluding hydrogens is 212 g/mol. The zero-order valence-corrected chi connectivity index (χ0v) is 8.23. The van der Waals surface area contributed by atoms with Gasteiger partial charge >= 0.3 is 0 Å². The number of hydrogen-bond acceptors (Lipinski definition) is 2. The molecule has 80 valence electrons. The zero-order chi connectivity index (χ0) is 9.84. The van der Waals surface area contributed by atoms with Crippen LogP contribution in [0.3, 0.4) is 0 Å². The molecule has 0 aliphatic heterocycles. The van der Waals surface area contributed by atoms with Crippen molar-refractivity contribution in [3.8, 4) is 0 Å². The molecule has 1 aromatic carbocycles. The quantitative estimate of drug-likeness (QED) is 0.821. The summed E-state index contributed by atoms with van der Waals surface area (Å²) in [6.07, 6.45) is 0.223. The summed E-state index contributed by atoms with van der Waals surface area (Å²) >= 11 is 0. The molecule has 1 atom stereocenters. The van der Waals surface area contributed by atoms with Gasteiger partial charge in [-0.25, -0.2) is 8.78 Å². The van der Waals surface area contributed by atoms with Gasteiger partial charge in [0.2, 0.25) is 0 Å². The first-order valence-corrected chi connectivity index (χ1v) is 3.97. The number of halogens is 3. The molecule has 0 aliphatic rings. The van der Waals surface area contributed by atoms with Gasteiger partial charge in [0, 0.05) is 18.2 Å². The molecule has 0 spiro atoms. The summed E-state index contributed by atoms with van der Waals surface area (Å²) < 4.78 is 25.7. The highest BCUT2D eigenvalue weighted by atomic mass is 35.5. The third-order valence-electron chi connectivity index (χ3n) is 1.82. The Bertz CT molecular complexity index is 296. The van der Waals surface area contributed by atoms with Crippen LogP contribution in [0, 0.1) is 11.6 Å². The number of aliphatic hydroxyl groups is 1. The lowest BCUT2D eigenvalue weighted by molar-refractivity contribution is 0.275. The van der Waals surface area contributed by atoms with E-state index < -0.39 is 17.7 Å². The normalized spacial score (nSPS) is 12.0. The maximum atomic E-state index is 13.0. The van der Waals surface area contributed by atoms with Crippen LogP contribution >= 0.6 is 12.4 Å². The smallest absolute Gasteiger partial charge is 0.163 e. The zero-order valence-electron chi connectivity index (χ0n) is 7.41. The fourth-order valence-electron chi connectivity index (χ4n) is 1.10. The molecule has 5 heteroatoms.